The van der Waals surface area contributed by atoms with Crippen molar-refractivity contribution in [3.8, 4) is 12.1 Å². The number of pyridine rings is 1. The Balaban J connectivity index is 1.37. The van der Waals surface area contributed by atoms with Crippen LogP contribution in [-0.4, -0.2) is 68.0 Å². The van der Waals surface area contributed by atoms with E-state index >= 15 is 0 Å². The maximum atomic E-state index is 13.0. The molecule has 3 unspecified atom stereocenters. The number of anilines is 2. The first-order valence-electron chi connectivity index (χ1n) is 12.6. The number of carbonyl (C=O) groups is 1. The normalized spacial score (nSPS) is 25.1. The van der Waals surface area contributed by atoms with Crippen LogP contribution in [0.15, 0.2) is 47.5 Å². The molecule has 38 heavy (non-hydrogen) atoms. The lowest BCUT2D eigenvalue weighted by Crippen LogP contribution is -2.62. The minimum atomic E-state index is -3.31. The largest absolute Gasteiger partial charge is 0.368 e. The molecule has 1 aromatic heterocycles. The zero-order valence-electron chi connectivity index (χ0n) is 21.1. The molecule has 12 heteroatoms. The second-order valence-corrected chi connectivity index (χ2v) is 12.2. The van der Waals surface area contributed by atoms with Crippen LogP contribution >= 0.6 is 0 Å². The van der Waals surface area contributed by atoms with Crippen LogP contribution < -0.4 is 21.0 Å². The molecule has 1 amide bonds. The minimum Gasteiger partial charge on any atom is -0.368 e. The van der Waals surface area contributed by atoms with Crippen LogP contribution in [0.25, 0.3) is 0 Å². The summed E-state index contributed by atoms with van der Waals surface area (Å²) in [5, 5.41) is 27.4. The van der Waals surface area contributed by atoms with Crippen molar-refractivity contribution >= 4 is 27.2 Å². The van der Waals surface area contributed by atoms with E-state index in [0.29, 0.717) is 50.1 Å². The molecule has 3 saturated heterocycles. The molecule has 0 radical (unpaired) electrons. The van der Waals surface area contributed by atoms with Gasteiger partial charge in [-0.3, -0.25) is 4.79 Å². The fraction of sp³-hybridized carbons (Fsp3) is 0.462. The highest BCUT2D eigenvalue weighted by molar-refractivity contribution is 7.90. The van der Waals surface area contributed by atoms with E-state index in [1.165, 1.54) is 6.26 Å². The van der Waals surface area contributed by atoms with Gasteiger partial charge < -0.3 is 15.5 Å². The van der Waals surface area contributed by atoms with E-state index in [1.54, 1.807) is 36.5 Å². The molecule has 3 aliphatic rings. The molecule has 0 saturated carbocycles. The van der Waals surface area contributed by atoms with Gasteiger partial charge in [0, 0.05) is 43.8 Å². The monoisotopic (exact) mass is 534 g/mol. The van der Waals surface area contributed by atoms with Gasteiger partial charge in [0.1, 0.15) is 18.1 Å². The molecule has 5 rings (SSSR count). The lowest BCUT2D eigenvalue weighted by atomic mass is 9.81. The third kappa shape index (κ3) is 4.90. The molecule has 3 aliphatic heterocycles. The Hall–Kier alpha value is -3.71. The lowest BCUT2D eigenvalue weighted by Gasteiger charge is -2.49. The SMILES string of the molecule is CS(=O)(=O)c1ccc(NC2NN(C3(CC#N)CCN(c4ccc(C#N)cn4)CC3)C3CCNC(=O)C23)cc1. The van der Waals surface area contributed by atoms with Crippen LogP contribution in [0.5, 0.6) is 0 Å². The Bertz CT molecular complexity index is 1370. The smallest absolute Gasteiger partial charge is 0.228 e. The molecular weight excluding hydrogens is 504 g/mol. The topological polar surface area (TPSA) is 154 Å². The molecular formula is C26H30N8O3S. The van der Waals surface area contributed by atoms with E-state index in [1.807, 2.05) is 6.07 Å². The number of sulfone groups is 1. The summed E-state index contributed by atoms with van der Waals surface area (Å²) in [6, 6.07) is 14.5. The summed E-state index contributed by atoms with van der Waals surface area (Å²) in [6.07, 6.45) is 4.79. The number of piperidine rings is 2. The predicted octanol–water partition coefficient (Wildman–Crippen LogP) is 1.37. The fourth-order valence-corrected chi connectivity index (χ4v) is 6.46. The van der Waals surface area contributed by atoms with Gasteiger partial charge in [-0.25, -0.2) is 23.8 Å². The van der Waals surface area contributed by atoms with Crippen molar-refractivity contribution in [3.63, 3.8) is 0 Å². The number of rotatable bonds is 6. The second kappa shape index (κ2) is 10.2. The highest BCUT2D eigenvalue weighted by Gasteiger charge is 2.55. The molecule has 2 aromatic rings. The minimum absolute atomic E-state index is 0.0483. The Morgan fingerprint density at radius 2 is 1.89 bits per heavy atom. The van der Waals surface area contributed by atoms with Crippen molar-refractivity contribution in [1.29, 1.82) is 10.5 Å². The highest BCUT2D eigenvalue weighted by atomic mass is 32.2. The summed E-state index contributed by atoms with van der Waals surface area (Å²) in [7, 11) is -3.31. The van der Waals surface area contributed by atoms with E-state index < -0.39 is 21.5 Å². The van der Waals surface area contributed by atoms with Crippen molar-refractivity contribution in [2.75, 3.05) is 36.1 Å². The van der Waals surface area contributed by atoms with Crippen LogP contribution in [0.1, 0.15) is 31.2 Å². The Morgan fingerprint density at radius 3 is 2.50 bits per heavy atom. The number of nitriles is 2. The first-order chi connectivity index (χ1) is 18.2. The third-order valence-corrected chi connectivity index (χ3v) is 8.97. The van der Waals surface area contributed by atoms with Gasteiger partial charge in [-0.1, -0.05) is 0 Å². The number of nitrogens with one attached hydrogen (secondary N) is 3. The maximum absolute atomic E-state index is 13.0. The molecule has 4 heterocycles. The first kappa shape index (κ1) is 25.9. The standard InChI is InChI=1S/C26H30N8O3S/c1-38(36,37)20-5-3-19(4-6-20)31-24-23-21(8-13-29-25(23)35)34(32-24)26(9-12-27)10-14-33(15-11-26)22-7-2-18(16-28)17-30-22/h2-7,17,21,23-24,31-32H,8-11,13-15H2,1H3,(H,29,35). The number of carbonyl (C=O) groups excluding carboxylic acids is 1. The van der Waals surface area contributed by atoms with E-state index in [2.05, 4.69) is 43.1 Å². The summed E-state index contributed by atoms with van der Waals surface area (Å²) in [5.74, 6) is 0.371. The summed E-state index contributed by atoms with van der Waals surface area (Å²) in [4.78, 5) is 19.9. The van der Waals surface area contributed by atoms with Gasteiger partial charge >= 0.3 is 0 Å². The molecule has 1 aromatic carbocycles. The lowest BCUT2D eigenvalue weighted by molar-refractivity contribution is -0.128. The fourth-order valence-electron chi connectivity index (χ4n) is 5.83. The van der Waals surface area contributed by atoms with Gasteiger partial charge in [-0.2, -0.15) is 10.5 Å². The molecule has 3 atom stereocenters. The molecule has 0 bridgehead atoms. The van der Waals surface area contributed by atoms with Crippen molar-refractivity contribution < 1.29 is 13.2 Å². The summed E-state index contributed by atoms with van der Waals surface area (Å²) in [5.41, 5.74) is 4.29. The molecule has 3 N–H and O–H groups in total. The second-order valence-electron chi connectivity index (χ2n) is 10.2. The van der Waals surface area contributed by atoms with Crippen molar-refractivity contribution in [2.24, 2.45) is 5.92 Å². The Labute approximate surface area is 222 Å². The van der Waals surface area contributed by atoms with Crippen molar-refractivity contribution in [1.82, 2.24) is 20.7 Å². The number of hydrogen-bond acceptors (Lipinski definition) is 10. The molecule has 11 nitrogen and oxygen atoms in total. The van der Waals surface area contributed by atoms with Gasteiger partial charge in [0.05, 0.1) is 34.4 Å². The van der Waals surface area contributed by atoms with Gasteiger partial charge in [-0.15, -0.1) is 0 Å². The molecule has 0 spiro atoms. The third-order valence-electron chi connectivity index (χ3n) is 7.84. The average Bonchev–Trinajstić information content (AvgIpc) is 3.29. The summed E-state index contributed by atoms with van der Waals surface area (Å²) < 4.78 is 23.7. The first-order valence-corrected chi connectivity index (χ1v) is 14.5. The predicted molar refractivity (Wildman–Crippen MR) is 140 cm³/mol. The molecule has 0 aliphatic carbocycles. The summed E-state index contributed by atoms with van der Waals surface area (Å²) >= 11 is 0. The average molecular weight is 535 g/mol. The molecule has 198 valence electrons. The number of amides is 1. The zero-order chi connectivity index (χ0) is 26.9. The Kier molecular flexibility index (Phi) is 6.97. The van der Waals surface area contributed by atoms with Gasteiger partial charge in [0.15, 0.2) is 9.84 Å². The number of aromatic nitrogens is 1. The number of fused-ring (bicyclic) bond motifs is 1. The molecule has 3 fully saturated rings. The zero-order valence-corrected chi connectivity index (χ0v) is 21.9. The van der Waals surface area contributed by atoms with Crippen LogP contribution in [0.3, 0.4) is 0 Å². The number of hydrogen-bond donors (Lipinski definition) is 3. The maximum Gasteiger partial charge on any atom is 0.228 e. The highest BCUT2D eigenvalue weighted by Crippen LogP contribution is 2.40. The van der Waals surface area contributed by atoms with Crippen LogP contribution in [0, 0.1) is 28.6 Å². The van der Waals surface area contributed by atoms with Crippen molar-refractivity contribution in [2.45, 2.75) is 48.3 Å². The van der Waals surface area contributed by atoms with E-state index in [9.17, 15) is 18.5 Å². The van der Waals surface area contributed by atoms with Crippen LogP contribution in [-0.2, 0) is 14.6 Å². The van der Waals surface area contributed by atoms with E-state index in [-0.39, 0.29) is 22.8 Å². The quantitative estimate of drug-likeness (QED) is 0.495. The number of hydrazine groups is 1. The van der Waals surface area contributed by atoms with Gasteiger partial charge in [0.25, 0.3) is 0 Å². The Morgan fingerprint density at radius 1 is 1.16 bits per heavy atom. The van der Waals surface area contributed by atoms with E-state index in [0.717, 1.165) is 12.2 Å². The van der Waals surface area contributed by atoms with Crippen LogP contribution in [0.2, 0.25) is 0 Å². The van der Waals surface area contributed by atoms with Crippen LogP contribution in [0.4, 0.5) is 11.5 Å². The number of benzene rings is 1. The summed E-state index contributed by atoms with van der Waals surface area (Å²) in [6.45, 7) is 1.94. The number of nitrogens with zero attached hydrogens (tertiary/aromatic N) is 5. The van der Waals surface area contributed by atoms with E-state index in [4.69, 9.17) is 5.26 Å². The van der Waals surface area contributed by atoms with Crippen molar-refractivity contribution in [3.05, 3.63) is 48.2 Å². The van der Waals surface area contributed by atoms with Gasteiger partial charge in [-0.05, 0) is 55.7 Å². The van der Waals surface area contributed by atoms with Gasteiger partial charge in [0.2, 0.25) is 5.91 Å².